The van der Waals surface area contributed by atoms with Crippen molar-refractivity contribution in [1.82, 2.24) is 4.90 Å². The summed E-state index contributed by atoms with van der Waals surface area (Å²) in [6.45, 7) is 3.06. The highest BCUT2D eigenvalue weighted by Gasteiger charge is 2.25. The highest BCUT2D eigenvalue weighted by molar-refractivity contribution is 7.99. The van der Waals surface area contributed by atoms with Gasteiger partial charge in [0.2, 0.25) is 0 Å². The molecule has 5 nitrogen and oxygen atoms in total. The van der Waals surface area contributed by atoms with E-state index in [0.717, 1.165) is 24.0 Å². The van der Waals surface area contributed by atoms with E-state index >= 15 is 0 Å². The van der Waals surface area contributed by atoms with Crippen LogP contribution in [0.5, 0.6) is 0 Å². The molecule has 0 radical (unpaired) electrons. The number of thioether (sulfide) groups is 1. The number of carbonyl (C=O) groups excluding carboxylic acids is 1. The normalized spacial score (nSPS) is 19.3. The monoisotopic (exact) mass is 284 g/mol. The highest BCUT2D eigenvalue weighted by Crippen LogP contribution is 2.22. The van der Waals surface area contributed by atoms with Crippen molar-refractivity contribution in [3.05, 3.63) is 39.7 Å². The van der Waals surface area contributed by atoms with Gasteiger partial charge in [-0.1, -0.05) is 6.92 Å². The Balaban J connectivity index is 2.27. The lowest BCUT2D eigenvalue weighted by Gasteiger charge is -2.30. The van der Waals surface area contributed by atoms with Crippen LogP contribution in [0.15, 0.2) is 18.2 Å². The Hall–Kier alpha value is -1.63. The van der Waals surface area contributed by atoms with E-state index in [-0.39, 0.29) is 11.3 Å². The molecule has 0 spiro atoms. The van der Waals surface area contributed by atoms with E-state index in [1.807, 2.05) is 6.92 Å². The van der Waals surface area contributed by atoms with Crippen molar-refractivity contribution in [3.8, 4) is 0 Å². The first-order chi connectivity index (χ1) is 8.99. The summed E-state index contributed by atoms with van der Waals surface area (Å²) in [4.78, 5) is 23.8. The average molecular weight is 284 g/mol. The summed E-state index contributed by atoms with van der Waals surface area (Å²) in [6.07, 6.45) is 0. The predicted molar refractivity (Wildman–Crippen MR) is 70.9 cm³/mol. The molecule has 19 heavy (non-hydrogen) atoms. The van der Waals surface area contributed by atoms with E-state index in [0.29, 0.717) is 18.3 Å². The molecule has 1 aliphatic heterocycles. The molecule has 1 heterocycles. The number of benzene rings is 1. The van der Waals surface area contributed by atoms with Crippen molar-refractivity contribution in [2.75, 3.05) is 18.8 Å². The Morgan fingerprint density at radius 3 is 2.95 bits per heavy atom. The third kappa shape index (κ3) is 3.04. The number of non-ortho nitro benzene ring substituents is 1. The summed E-state index contributed by atoms with van der Waals surface area (Å²) < 4.78 is 13.7. The fourth-order valence-corrected chi connectivity index (χ4v) is 2.98. The molecule has 0 aromatic heterocycles. The quantitative estimate of drug-likeness (QED) is 0.617. The number of nitro groups is 1. The standard InChI is InChI=1S/C12H13FN2O3S/c1-8-7-14(4-5-19-8)12(16)10-6-9(15(17)18)2-3-11(10)13/h2-3,6,8H,4-5,7H2,1H3. The van der Waals surface area contributed by atoms with Gasteiger partial charge in [0.15, 0.2) is 0 Å². The molecule has 7 heteroatoms. The average Bonchev–Trinajstić information content (AvgIpc) is 2.38. The molecular formula is C12H13FN2O3S. The summed E-state index contributed by atoms with van der Waals surface area (Å²) >= 11 is 1.75. The molecule has 1 unspecified atom stereocenters. The van der Waals surface area contributed by atoms with Gasteiger partial charge in [-0.05, 0) is 6.07 Å². The minimum Gasteiger partial charge on any atom is -0.337 e. The van der Waals surface area contributed by atoms with Crippen molar-refractivity contribution < 1.29 is 14.1 Å². The maximum atomic E-state index is 13.7. The lowest BCUT2D eigenvalue weighted by molar-refractivity contribution is -0.384. The van der Waals surface area contributed by atoms with E-state index in [1.165, 1.54) is 0 Å². The van der Waals surface area contributed by atoms with Gasteiger partial charge in [0.05, 0.1) is 10.5 Å². The number of nitrogens with zero attached hydrogens (tertiary/aromatic N) is 2. The first kappa shape index (κ1) is 13.8. The van der Waals surface area contributed by atoms with Crippen LogP contribution in [0.25, 0.3) is 0 Å². The summed E-state index contributed by atoms with van der Waals surface area (Å²) in [5.41, 5.74) is -0.502. The number of hydrogen-bond donors (Lipinski definition) is 0. The van der Waals surface area contributed by atoms with Gasteiger partial charge in [0, 0.05) is 36.2 Å². The Bertz CT molecular complexity index is 524. The molecular weight excluding hydrogens is 271 g/mol. The zero-order valence-corrected chi connectivity index (χ0v) is 11.2. The number of halogens is 1. The van der Waals surface area contributed by atoms with E-state index in [1.54, 1.807) is 16.7 Å². The fraction of sp³-hybridized carbons (Fsp3) is 0.417. The molecule has 0 N–H and O–H groups in total. The summed E-state index contributed by atoms with van der Waals surface area (Å²) in [5, 5.41) is 11.0. The van der Waals surface area contributed by atoms with Crippen LogP contribution in [-0.2, 0) is 0 Å². The second-order valence-corrected chi connectivity index (χ2v) is 5.90. The smallest absolute Gasteiger partial charge is 0.270 e. The van der Waals surface area contributed by atoms with Gasteiger partial charge in [-0.2, -0.15) is 11.8 Å². The molecule has 0 saturated carbocycles. The Morgan fingerprint density at radius 1 is 1.58 bits per heavy atom. The van der Waals surface area contributed by atoms with Crippen LogP contribution in [0.3, 0.4) is 0 Å². The summed E-state index contributed by atoms with van der Waals surface area (Å²) in [7, 11) is 0. The molecule has 1 aromatic rings. The number of rotatable bonds is 2. The van der Waals surface area contributed by atoms with E-state index in [4.69, 9.17) is 0 Å². The van der Waals surface area contributed by atoms with Crippen molar-refractivity contribution >= 4 is 23.4 Å². The van der Waals surface area contributed by atoms with Crippen LogP contribution < -0.4 is 0 Å². The molecule has 1 aromatic carbocycles. The summed E-state index contributed by atoms with van der Waals surface area (Å²) in [6, 6.07) is 3.03. The second-order valence-electron chi connectivity index (χ2n) is 4.35. The van der Waals surface area contributed by atoms with Gasteiger partial charge in [-0.15, -0.1) is 0 Å². The SMILES string of the molecule is CC1CN(C(=O)c2cc([N+](=O)[O-])ccc2F)CCS1. The van der Waals surface area contributed by atoms with Crippen LogP contribution in [0.2, 0.25) is 0 Å². The van der Waals surface area contributed by atoms with Crippen molar-refractivity contribution in [2.24, 2.45) is 0 Å². The third-order valence-electron chi connectivity index (χ3n) is 2.92. The second kappa shape index (κ2) is 5.56. The van der Waals surface area contributed by atoms with E-state index < -0.39 is 16.6 Å². The molecule has 102 valence electrons. The molecule has 1 amide bonds. The Morgan fingerprint density at radius 2 is 2.32 bits per heavy atom. The molecule has 1 atom stereocenters. The van der Waals surface area contributed by atoms with Gasteiger partial charge in [0.25, 0.3) is 11.6 Å². The van der Waals surface area contributed by atoms with Gasteiger partial charge in [-0.3, -0.25) is 14.9 Å². The third-order valence-corrected chi connectivity index (χ3v) is 4.06. The van der Waals surface area contributed by atoms with E-state index in [9.17, 15) is 19.3 Å². The van der Waals surface area contributed by atoms with E-state index in [2.05, 4.69) is 0 Å². The number of hydrogen-bond acceptors (Lipinski definition) is 4. The zero-order valence-electron chi connectivity index (χ0n) is 10.3. The lowest BCUT2D eigenvalue weighted by Crippen LogP contribution is -2.41. The maximum Gasteiger partial charge on any atom is 0.270 e. The van der Waals surface area contributed by atoms with Gasteiger partial charge in [0.1, 0.15) is 5.82 Å². The van der Waals surface area contributed by atoms with Gasteiger partial charge >= 0.3 is 0 Å². The topological polar surface area (TPSA) is 63.5 Å². The predicted octanol–water partition coefficient (Wildman–Crippen LogP) is 2.31. The first-order valence-electron chi connectivity index (χ1n) is 5.84. The minimum atomic E-state index is -0.721. The minimum absolute atomic E-state index is 0.228. The highest BCUT2D eigenvalue weighted by atomic mass is 32.2. The maximum absolute atomic E-state index is 13.7. The van der Waals surface area contributed by atoms with Gasteiger partial charge < -0.3 is 4.90 Å². The molecule has 0 bridgehead atoms. The van der Waals surface area contributed by atoms with Crippen molar-refractivity contribution in [3.63, 3.8) is 0 Å². The van der Waals surface area contributed by atoms with Crippen LogP contribution >= 0.6 is 11.8 Å². The lowest BCUT2D eigenvalue weighted by atomic mass is 10.1. The number of amides is 1. The number of carbonyl (C=O) groups is 1. The van der Waals surface area contributed by atoms with Crippen molar-refractivity contribution in [1.29, 1.82) is 0 Å². The van der Waals surface area contributed by atoms with Crippen LogP contribution in [0.1, 0.15) is 17.3 Å². The molecule has 1 saturated heterocycles. The molecule has 2 rings (SSSR count). The Kier molecular flexibility index (Phi) is 4.04. The number of nitro benzene ring substituents is 1. The Labute approximate surface area is 113 Å². The zero-order chi connectivity index (χ0) is 14.0. The summed E-state index contributed by atoms with van der Waals surface area (Å²) in [5.74, 6) is -0.404. The fourth-order valence-electron chi connectivity index (χ4n) is 1.96. The van der Waals surface area contributed by atoms with Crippen molar-refractivity contribution in [2.45, 2.75) is 12.2 Å². The largest absolute Gasteiger partial charge is 0.337 e. The van der Waals surface area contributed by atoms with Crippen LogP contribution in [0, 0.1) is 15.9 Å². The molecule has 0 aliphatic carbocycles. The van der Waals surface area contributed by atoms with Crippen LogP contribution in [-0.4, -0.2) is 39.8 Å². The molecule has 1 aliphatic rings. The first-order valence-corrected chi connectivity index (χ1v) is 6.88. The van der Waals surface area contributed by atoms with Crippen LogP contribution in [0.4, 0.5) is 10.1 Å². The molecule has 1 fully saturated rings. The van der Waals surface area contributed by atoms with Gasteiger partial charge in [-0.25, -0.2) is 4.39 Å².